The van der Waals surface area contributed by atoms with Gasteiger partial charge < -0.3 is 15.3 Å². The van der Waals surface area contributed by atoms with Crippen LogP contribution in [0.1, 0.15) is 71.6 Å². The topological polar surface area (TPSA) is 77.8 Å². The summed E-state index contributed by atoms with van der Waals surface area (Å²) in [7, 11) is 0. The van der Waals surface area contributed by atoms with Crippen molar-refractivity contribution < 1.29 is 20.1 Å². The zero-order valence-corrected chi connectivity index (χ0v) is 16.7. The Balaban J connectivity index is 1.71. The van der Waals surface area contributed by atoms with Gasteiger partial charge in [0, 0.05) is 6.42 Å². The first-order chi connectivity index (χ1) is 12.8. The maximum Gasteiger partial charge on any atom is 0.303 e. The normalized spacial score (nSPS) is 39.0. The number of aliphatic hydroxyl groups is 2. The van der Waals surface area contributed by atoms with Crippen LogP contribution in [0.5, 0.6) is 0 Å². The molecule has 3 saturated carbocycles. The molecule has 27 heavy (non-hydrogen) atoms. The summed E-state index contributed by atoms with van der Waals surface area (Å²) < 4.78 is 0. The van der Waals surface area contributed by atoms with E-state index in [2.05, 4.69) is 31.8 Å². The second-order valence-corrected chi connectivity index (χ2v) is 9.09. The Morgan fingerprint density at radius 2 is 2.00 bits per heavy atom. The lowest BCUT2D eigenvalue weighted by Crippen LogP contribution is -2.56. The molecule has 0 unspecified atom stereocenters. The van der Waals surface area contributed by atoms with Crippen molar-refractivity contribution in [2.45, 2.75) is 83.8 Å². The molecule has 6 atom stereocenters. The van der Waals surface area contributed by atoms with Crippen LogP contribution in [0, 0.1) is 40.9 Å². The van der Waals surface area contributed by atoms with Crippen molar-refractivity contribution in [2.75, 3.05) is 0 Å². The van der Waals surface area contributed by atoms with Crippen LogP contribution in [-0.2, 0) is 4.79 Å². The first-order valence-electron chi connectivity index (χ1n) is 10.6. The molecule has 0 aromatic heterocycles. The van der Waals surface area contributed by atoms with E-state index in [0.29, 0.717) is 12.3 Å². The number of hydrogen-bond acceptors (Lipinski definition) is 3. The van der Waals surface area contributed by atoms with E-state index >= 15 is 0 Å². The Bertz CT molecular complexity index is 636. The second-order valence-electron chi connectivity index (χ2n) is 9.09. The van der Waals surface area contributed by atoms with Crippen LogP contribution in [0.15, 0.2) is 11.6 Å². The van der Waals surface area contributed by atoms with Crippen molar-refractivity contribution in [3.05, 3.63) is 11.6 Å². The summed E-state index contributed by atoms with van der Waals surface area (Å²) in [5, 5.41) is 30.0. The van der Waals surface area contributed by atoms with Crippen molar-refractivity contribution in [1.29, 1.82) is 0 Å². The van der Waals surface area contributed by atoms with Crippen molar-refractivity contribution in [3.8, 4) is 11.8 Å². The molecular weight excluding hydrogens is 340 g/mol. The maximum atomic E-state index is 10.8. The van der Waals surface area contributed by atoms with Gasteiger partial charge in [-0.15, -0.1) is 0 Å². The summed E-state index contributed by atoms with van der Waals surface area (Å²) in [6.07, 6.45) is 9.18. The molecule has 0 aromatic carbocycles. The Morgan fingerprint density at radius 1 is 1.30 bits per heavy atom. The standard InChI is InChI=1S/C23H34O4/c1-15-18(9-6-10-21(26)27)23(2)14-13-20(25)17(22(15)23)11-12-19(24)16-7-4-3-5-8-16/h9,15-17,19-20,22,24-25H,3-8,10,13-14H2,1-2H3,(H,26,27)/b18-9-/t15-,17-,19-,20+,22+,23+/m1/s1. The summed E-state index contributed by atoms with van der Waals surface area (Å²) >= 11 is 0. The predicted octanol–water partition coefficient (Wildman–Crippen LogP) is 3.77. The highest BCUT2D eigenvalue weighted by molar-refractivity contribution is 5.66. The van der Waals surface area contributed by atoms with E-state index in [1.165, 1.54) is 24.8 Å². The van der Waals surface area contributed by atoms with E-state index < -0.39 is 18.2 Å². The number of carboxylic acid groups (broad SMARTS) is 1. The van der Waals surface area contributed by atoms with Gasteiger partial charge in [-0.05, 0) is 55.3 Å². The third-order valence-corrected chi connectivity index (χ3v) is 7.40. The Labute approximate surface area is 163 Å². The molecule has 3 rings (SSSR count). The monoisotopic (exact) mass is 374 g/mol. The highest BCUT2D eigenvalue weighted by Crippen LogP contribution is 2.64. The van der Waals surface area contributed by atoms with E-state index in [1.807, 2.05) is 0 Å². The molecule has 0 saturated heterocycles. The fourth-order valence-electron chi connectivity index (χ4n) is 5.95. The van der Waals surface area contributed by atoms with Crippen LogP contribution >= 0.6 is 0 Å². The van der Waals surface area contributed by atoms with Gasteiger partial charge in [-0.3, -0.25) is 4.79 Å². The summed E-state index contributed by atoms with van der Waals surface area (Å²) in [5.41, 5.74) is 1.34. The summed E-state index contributed by atoms with van der Waals surface area (Å²) in [6, 6.07) is 0. The highest BCUT2D eigenvalue weighted by atomic mass is 16.4. The lowest BCUT2D eigenvalue weighted by atomic mass is 9.43. The molecule has 0 aromatic rings. The summed E-state index contributed by atoms with van der Waals surface area (Å²) in [4.78, 5) is 10.8. The van der Waals surface area contributed by atoms with Gasteiger partial charge in [-0.25, -0.2) is 0 Å². The molecule has 0 heterocycles. The number of carbonyl (C=O) groups is 1. The minimum atomic E-state index is -0.764. The lowest BCUT2D eigenvalue weighted by Gasteiger charge is -2.61. The van der Waals surface area contributed by atoms with Crippen LogP contribution in [-0.4, -0.2) is 33.5 Å². The van der Waals surface area contributed by atoms with Crippen LogP contribution < -0.4 is 0 Å². The molecule has 4 heteroatoms. The molecule has 4 nitrogen and oxygen atoms in total. The smallest absolute Gasteiger partial charge is 0.303 e. The van der Waals surface area contributed by atoms with E-state index in [0.717, 1.165) is 25.7 Å². The van der Waals surface area contributed by atoms with Gasteiger partial charge in [0.2, 0.25) is 0 Å². The van der Waals surface area contributed by atoms with E-state index in [1.54, 1.807) is 0 Å². The van der Waals surface area contributed by atoms with E-state index in [4.69, 9.17) is 5.11 Å². The van der Waals surface area contributed by atoms with Gasteiger partial charge in [0.25, 0.3) is 0 Å². The van der Waals surface area contributed by atoms with Crippen molar-refractivity contribution >= 4 is 5.97 Å². The summed E-state index contributed by atoms with van der Waals surface area (Å²) in [6.45, 7) is 4.41. The number of allylic oxidation sites excluding steroid dienone is 2. The molecule has 0 spiro atoms. The van der Waals surface area contributed by atoms with Crippen LogP contribution in [0.3, 0.4) is 0 Å². The molecule has 0 aliphatic heterocycles. The van der Waals surface area contributed by atoms with Crippen molar-refractivity contribution in [1.82, 2.24) is 0 Å². The fourth-order valence-corrected chi connectivity index (χ4v) is 5.95. The minimum absolute atomic E-state index is 0.00624. The zero-order chi connectivity index (χ0) is 19.6. The quantitative estimate of drug-likeness (QED) is 0.517. The first kappa shape index (κ1) is 20.4. The molecule has 150 valence electrons. The molecule has 0 radical (unpaired) electrons. The number of aliphatic carboxylic acids is 1. The van der Waals surface area contributed by atoms with Crippen molar-refractivity contribution in [2.24, 2.45) is 29.1 Å². The number of rotatable bonds is 4. The van der Waals surface area contributed by atoms with Crippen molar-refractivity contribution in [3.63, 3.8) is 0 Å². The van der Waals surface area contributed by atoms with Gasteiger partial charge in [-0.2, -0.15) is 0 Å². The Hall–Kier alpha value is -1.31. The Kier molecular flexibility index (Phi) is 6.33. The molecule has 0 amide bonds. The van der Waals surface area contributed by atoms with Gasteiger partial charge >= 0.3 is 5.97 Å². The van der Waals surface area contributed by atoms with Gasteiger partial charge in [-0.1, -0.05) is 56.6 Å². The Morgan fingerprint density at radius 3 is 2.67 bits per heavy atom. The molecule has 3 N–H and O–H groups in total. The average Bonchev–Trinajstić information content (AvgIpc) is 2.65. The van der Waals surface area contributed by atoms with Crippen LogP contribution in [0.2, 0.25) is 0 Å². The zero-order valence-electron chi connectivity index (χ0n) is 16.7. The minimum Gasteiger partial charge on any atom is -0.481 e. The second kappa shape index (κ2) is 8.37. The number of carboxylic acids is 1. The molecule has 0 bridgehead atoms. The molecule has 3 fully saturated rings. The summed E-state index contributed by atoms with van der Waals surface area (Å²) in [5.74, 6) is 6.38. The predicted molar refractivity (Wildman–Crippen MR) is 105 cm³/mol. The third-order valence-electron chi connectivity index (χ3n) is 7.40. The molecular formula is C23H34O4. The van der Waals surface area contributed by atoms with Crippen LogP contribution in [0.4, 0.5) is 0 Å². The fraction of sp³-hybridized carbons (Fsp3) is 0.783. The molecule has 3 aliphatic rings. The maximum absolute atomic E-state index is 10.8. The number of hydrogen-bond donors (Lipinski definition) is 3. The lowest BCUT2D eigenvalue weighted by molar-refractivity contribution is -0.136. The van der Waals surface area contributed by atoms with Gasteiger partial charge in [0.1, 0.15) is 6.10 Å². The highest BCUT2D eigenvalue weighted by Gasteiger charge is 2.58. The van der Waals surface area contributed by atoms with Gasteiger partial charge in [0.15, 0.2) is 0 Å². The van der Waals surface area contributed by atoms with E-state index in [9.17, 15) is 15.0 Å². The molecule has 3 aliphatic carbocycles. The average molecular weight is 375 g/mol. The van der Waals surface area contributed by atoms with E-state index in [-0.39, 0.29) is 29.6 Å². The number of fused-ring (bicyclic) bond motifs is 1. The first-order valence-corrected chi connectivity index (χ1v) is 10.6. The largest absolute Gasteiger partial charge is 0.481 e. The van der Waals surface area contributed by atoms with Gasteiger partial charge in [0.05, 0.1) is 12.0 Å². The van der Waals surface area contributed by atoms with Crippen LogP contribution in [0.25, 0.3) is 0 Å². The number of aliphatic hydroxyl groups excluding tert-OH is 2. The third kappa shape index (κ3) is 4.10. The SMILES string of the molecule is C[C@@H]1/C(=C/CCC(=O)O)[C@]2(C)CC[C@H](O)[C@@H](C#C[C@@H](O)C3CCCCC3)[C@H]12.